The number of halogens is 1. The maximum absolute atomic E-state index is 14.0. The van der Waals surface area contributed by atoms with Crippen LogP contribution in [-0.4, -0.2) is 49.5 Å². The van der Waals surface area contributed by atoms with Crippen molar-refractivity contribution in [3.63, 3.8) is 0 Å². The third-order valence-electron chi connectivity index (χ3n) is 6.83. The first-order valence-corrected chi connectivity index (χ1v) is 16.3. The fraction of sp³-hybridized carbons (Fsp3) is 0.394. The summed E-state index contributed by atoms with van der Waals surface area (Å²) in [6.07, 6.45) is 1.82. The fourth-order valence-corrected chi connectivity index (χ4v) is 5.91. The molecule has 1 atom stereocenters. The highest BCUT2D eigenvalue weighted by atomic mass is 35.5. The standard InChI is InChI=1S/C33H42ClN3O4S/c1-24-14-17-27(18-15-24)23-36(30(32(39)35-33(3,4)5)21-26-11-8-7-9-12-26)31(38)13-10-20-37(42(6,40)41)29-22-28(34)19-16-25(29)2/h7-9,11-12,14-19,22,30H,10,13,20-21,23H2,1-6H3,(H,35,39)/t30-/m1/s1. The van der Waals surface area contributed by atoms with Gasteiger partial charge in [-0.1, -0.05) is 77.8 Å². The van der Waals surface area contributed by atoms with Crippen LogP contribution in [0.15, 0.2) is 72.8 Å². The second-order valence-corrected chi connectivity index (χ2v) is 14.2. The van der Waals surface area contributed by atoms with E-state index in [-0.39, 0.29) is 37.7 Å². The van der Waals surface area contributed by atoms with Crippen LogP contribution in [0.1, 0.15) is 55.9 Å². The molecule has 0 saturated heterocycles. The van der Waals surface area contributed by atoms with Crippen molar-refractivity contribution in [2.75, 3.05) is 17.1 Å². The summed E-state index contributed by atoms with van der Waals surface area (Å²) in [6, 6.07) is 21.9. The molecule has 0 aliphatic heterocycles. The zero-order valence-electron chi connectivity index (χ0n) is 25.4. The van der Waals surface area contributed by atoms with Crippen molar-refractivity contribution in [2.24, 2.45) is 0 Å². The molecule has 0 radical (unpaired) electrons. The van der Waals surface area contributed by atoms with Gasteiger partial charge in [-0.25, -0.2) is 8.42 Å². The SMILES string of the molecule is Cc1ccc(CN(C(=O)CCCN(c2cc(Cl)ccc2C)S(C)(=O)=O)[C@H](Cc2ccccc2)C(=O)NC(C)(C)C)cc1. The molecule has 0 spiro atoms. The van der Waals surface area contributed by atoms with Gasteiger partial charge in [0.25, 0.3) is 0 Å². The van der Waals surface area contributed by atoms with Crippen LogP contribution in [0.25, 0.3) is 0 Å². The first-order chi connectivity index (χ1) is 19.6. The van der Waals surface area contributed by atoms with E-state index in [9.17, 15) is 18.0 Å². The van der Waals surface area contributed by atoms with Crippen molar-refractivity contribution in [3.8, 4) is 0 Å². The molecule has 0 unspecified atom stereocenters. The van der Waals surface area contributed by atoms with Gasteiger partial charge in [0, 0.05) is 36.5 Å². The van der Waals surface area contributed by atoms with E-state index in [1.165, 1.54) is 4.31 Å². The average Bonchev–Trinajstić information content (AvgIpc) is 2.90. The minimum absolute atomic E-state index is 0.0611. The maximum atomic E-state index is 14.0. The number of amides is 2. The van der Waals surface area contributed by atoms with Crippen LogP contribution in [0.2, 0.25) is 5.02 Å². The molecule has 42 heavy (non-hydrogen) atoms. The monoisotopic (exact) mass is 611 g/mol. The van der Waals surface area contributed by atoms with Gasteiger partial charge in [0.2, 0.25) is 21.8 Å². The Morgan fingerprint density at radius 2 is 1.57 bits per heavy atom. The van der Waals surface area contributed by atoms with Gasteiger partial charge in [0.1, 0.15) is 6.04 Å². The van der Waals surface area contributed by atoms with E-state index in [0.29, 0.717) is 17.1 Å². The average molecular weight is 612 g/mol. The van der Waals surface area contributed by atoms with Crippen molar-refractivity contribution in [3.05, 3.63) is 100 Å². The van der Waals surface area contributed by atoms with Crippen molar-refractivity contribution in [1.82, 2.24) is 10.2 Å². The lowest BCUT2D eigenvalue weighted by atomic mass is 10.00. The smallest absolute Gasteiger partial charge is 0.243 e. The second kappa shape index (κ2) is 14.2. The number of carbonyl (C=O) groups is 2. The molecular weight excluding hydrogens is 570 g/mol. The van der Waals surface area contributed by atoms with E-state index >= 15 is 0 Å². The zero-order chi connectivity index (χ0) is 31.1. The van der Waals surface area contributed by atoms with E-state index in [1.807, 2.05) is 89.2 Å². The first-order valence-electron chi connectivity index (χ1n) is 14.1. The van der Waals surface area contributed by atoms with E-state index < -0.39 is 21.6 Å². The molecule has 3 aromatic rings. The number of benzene rings is 3. The molecule has 3 aromatic carbocycles. The predicted octanol–water partition coefficient (Wildman–Crippen LogP) is 6.06. The summed E-state index contributed by atoms with van der Waals surface area (Å²) in [5.41, 5.74) is 3.70. The fourth-order valence-electron chi connectivity index (χ4n) is 4.73. The van der Waals surface area contributed by atoms with Crippen LogP contribution in [0.4, 0.5) is 5.69 Å². The van der Waals surface area contributed by atoms with Crippen LogP contribution in [0.3, 0.4) is 0 Å². The summed E-state index contributed by atoms with van der Waals surface area (Å²) >= 11 is 6.18. The molecule has 7 nitrogen and oxygen atoms in total. The summed E-state index contributed by atoms with van der Waals surface area (Å²) in [7, 11) is -3.63. The lowest BCUT2D eigenvalue weighted by Gasteiger charge is -2.34. The summed E-state index contributed by atoms with van der Waals surface area (Å²) in [4.78, 5) is 29.3. The van der Waals surface area contributed by atoms with Gasteiger partial charge in [0.05, 0.1) is 11.9 Å². The Kier molecular flexibility index (Phi) is 11.2. The number of aryl methyl sites for hydroxylation is 2. The normalized spacial score (nSPS) is 12.5. The molecule has 0 saturated carbocycles. The molecule has 1 N–H and O–H groups in total. The number of carbonyl (C=O) groups excluding carboxylic acids is 2. The summed E-state index contributed by atoms with van der Waals surface area (Å²) in [5, 5.41) is 3.49. The number of sulfonamides is 1. The zero-order valence-corrected chi connectivity index (χ0v) is 26.9. The van der Waals surface area contributed by atoms with Gasteiger partial charge < -0.3 is 10.2 Å². The van der Waals surface area contributed by atoms with E-state index in [0.717, 1.165) is 28.5 Å². The third-order valence-corrected chi connectivity index (χ3v) is 8.25. The van der Waals surface area contributed by atoms with Gasteiger partial charge in [-0.2, -0.15) is 0 Å². The number of nitrogens with one attached hydrogen (secondary N) is 1. The molecule has 0 bridgehead atoms. The lowest BCUT2D eigenvalue weighted by Crippen LogP contribution is -2.54. The van der Waals surface area contributed by atoms with E-state index in [2.05, 4.69) is 5.32 Å². The second-order valence-electron chi connectivity index (χ2n) is 11.8. The Balaban J connectivity index is 1.92. The van der Waals surface area contributed by atoms with Crippen LogP contribution < -0.4 is 9.62 Å². The number of anilines is 1. The Morgan fingerprint density at radius 1 is 0.929 bits per heavy atom. The van der Waals surface area contributed by atoms with E-state index in [1.54, 1.807) is 23.1 Å². The molecule has 3 rings (SSSR count). The van der Waals surface area contributed by atoms with Gasteiger partial charge in [0.15, 0.2) is 0 Å². The third kappa shape index (κ3) is 9.88. The molecule has 0 heterocycles. The molecule has 226 valence electrons. The van der Waals surface area contributed by atoms with Crippen molar-refractivity contribution in [2.45, 2.75) is 72.0 Å². The minimum Gasteiger partial charge on any atom is -0.350 e. The highest BCUT2D eigenvalue weighted by molar-refractivity contribution is 7.92. The molecule has 0 aliphatic rings. The Labute approximate surface area is 255 Å². The summed E-state index contributed by atoms with van der Waals surface area (Å²) in [6.45, 7) is 9.90. The molecule has 0 aliphatic carbocycles. The number of rotatable bonds is 12. The molecular formula is C33H42ClN3O4S. The Morgan fingerprint density at radius 3 is 2.17 bits per heavy atom. The van der Waals surface area contributed by atoms with Crippen LogP contribution in [0, 0.1) is 13.8 Å². The largest absolute Gasteiger partial charge is 0.350 e. The minimum atomic E-state index is -3.63. The highest BCUT2D eigenvalue weighted by Gasteiger charge is 2.32. The van der Waals surface area contributed by atoms with Gasteiger partial charge in [-0.15, -0.1) is 0 Å². The highest BCUT2D eigenvalue weighted by Crippen LogP contribution is 2.27. The van der Waals surface area contributed by atoms with Gasteiger partial charge in [-0.05, 0) is 69.9 Å². The Bertz CT molecular complexity index is 1470. The number of nitrogens with zero attached hydrogens (tertiary/aromatic N) is 2. The van der Waals surface area contributed by atoms with Crippen LogP contribution in [-0.2, 0) is 32.6 Å². The molecule has 0 aromatic heterocycles. The number of hydrogen-bond donors (Lipinski definition) is 1. The van der Waals surface area contributed by atoms with Crippen molar-refractivity contribution in [1.29, 1.82) is 0 Å². The topological polar surface area (TPSA) is 86.8 Å². The van der Waals surface area contributed by atoms with Crippen molar-refractivity contribution >= 4 is 39.1 Å². The summed E-state index contributed by atoms with van der Waals surface area (Å²) < 4.78 is 26.8. The predicted molar refractivity (Wildman–Crippen MR) is 171 cm³/mol. The van der Waals surface area contributed by atoms with E-state index in [4.69, 9.17) is 11.6 Å². The van der Waals surface area contributed by atoms with Crippen LogP contribution >= 0.6 is 11.6 Å². The molecule has 0 fully saturated rings. The molecule has 9 heteroatoms. The first kappa shape index (κ1) is 33.1. The maximum Gasteiger partial charge on any atom is 0.243 e. The van der Waals surface area contributed by atoms with Gasteiger partial charge >= 0.3 is 0 Å². The van der Waals surface area contributed by atoms with Crippen molar-refractivity contribution < 1.29 is 18.0 Å². The lowest BCUT2D eigenvalue weighted by molar-refractivity contribution is -0.142. The summed E-state index contributed by atoms with van der Waals surface area (Å²) in [5.74, 6) is -0.462. The van der Waals surface area contributed by atoms with Gasteiger partial charge in [-0.3, -0.25) is 13.9 Å². The Hall–Kier alpha value is -3.36. The quantitative estimate of drug-likeness (QED) is 0.270. The van der Waals surface area contributed by atoms with Crippen LogP contribution in [0.5, 0.6) is 0 Å². The number of hydrogen-bond acceptors (Lipinski definition) is 4. The molecule has 2 amide bonds.